The molecule has 0 N–H and O–H groups in total. The molecule has 51 heavy (non-hydrogen) atoms. The Morgan fingerprint density at radius 3 is 1.76 bits per heavy atom. The van der Waals surface area contributed by atoms with Gasteiger partial charge in [0.25, 0.3) is 0 Å². The van der Waals surface area contributed by atoms with Gasteiger partial charge in [-0.1, -0.05) is 115 Å². The number of fused-ring (bicyclic) bond motifs is 9. The molecule has 0 saturated heterocycles. The predicted molar refractivity (Wildman–Crippen MR) is 215 cm³/mol. The summed E-state index contributed by atoms with van der Waals surface area (Å²) < 4.78 is 11.7. The second-order valence-corrected chi connectivity index (χ2v) is 14.9. The third-order valence-corrected chi connectivity index (χ3v) is 12.1. The summed E-state index contributed by atoms with van der Waals surface area (Å²) in [4.78, 5) is 15.1. The topological polar surface area (TPSA) is 51.8 Å². The lowest BCUT2D eigenvalue weighted by atomic mass is 9.97. The van der Waals surface area contributed by atoms with E-state index in [1.54, 1.807) is 11.3 Å². The molecule has 11 aromatic rings. The summed E-state index contributed by atoms with van der Waals surface area (Å²) in [6.07, 6.45) is 0. The Labute approximate surface area is 299 Å². The third-order valence-electron chi connectivity index (χ3n) is 9.75. The van der Waals surface area contributed by atoms with E-state index in [-0.39, 0.29) is 0 Å². The number of nitrogens with zero attached hydrogens (tertiary/aromatic N) is 3. The molecule has 0 aliphatic rings. The average molecular weight is 688 g/mol. The first kappa shape index (κ1) is 28.6. The van der Waals surface area contributed by atoms with Gasteiger partial charge in [0, 0.05) is 73.4 Å². The highest BCUT2D eigenvalue weighted by Gasteiger charge is 2.19. The average Bonchev–Trinajstić information content (AvgIpc) is 3.88. The van der Waals surface area contributed by atoms with Gasteiger partial charge in [-0.25, -0.2) is 15.0 Å². The molecule has 11 rings (SSSR count). The highest BCUT2D eigenvalue weighted by atomic mass is 32.1. The Morgan fingerprint density at radius 1 is 0.373 bits per heavy atom. The van der Waals surface area contributed by atoms with Crippen LogP contribution >= 0.6 is 22.7 Å². The molecule has 4 nitrogen and oxygen atoms in total. The predicted octanol–water partition coefficient (Wildman–Crippen LogP) is 13.2. The molecule has 0 radical (unpaired) electrons. The lowest BCUT2D eigenvalue weighted by molar-refractivity contribution is 0.669. The minimum atomic E-state index is 0.605. The van der Waals surface area contributed by atoms with Crippen molar-refractivity contribution in [3.63, 3.8) is 0 Å². The summed E-state index contributed by atoms with van der Waals surface area (Å²) in [6.45, 7) is 0. The van der Waals surface area contributed by atoms with E-state index in [2.05, 4.69) is 121 Å². The minimum Gasteiger partial charge on any atom is -0.456 e. The van der Waals surface area contributed by atoms with Crippen LogP contribution in [0.2, 0.25) is 0 Å². The molecule has 0 atom stereocenters. The molecule has 0 amide bonds. The number of thiophene rings is 2. The third kappa shape index (κ3) is 4.54. The quantitative estimate of drug-likeness (QED) is 0.185. The van der Waals surface area contributed by atoms with E-state index in [4.69, 9.17) is 19.4 Å². The zero-order chi connectivity index (χ0) is 33.5. The lowest BCUT2D eigenvalue weighted by Gasteiger charge is -2.09. The van der Waals surface area contributed by atoms with Crippen molar-refractivity contribution >= 4 is 85.0 Å². The van der Waals surface area contributed by atoms with E-state index in [1.165, 1.54) is 51.5 Å². The van der Waals surface area contributed by atoms with E-state index >= 15 is 0 Å². The van der Waals surface area contributed by atoms with Gasteiger partial charge in [-0.3, -0.25) is 0 Å². The molecule has 0 bridgehead atoms. The normalized spacial score (nSPS) is 11.9. The number of rotatable bonds is 4. The number of hydrogen-bond acceptors (Lipinski definition) is 6. The van der Waals surface area contributed by atoms with Gasteiger partial charge in [0.1, 0.15) is 11.2 Å². The van der Waals surface area contributed by atoms with Gasteiger partial charge in [-0.2, -0.15) is 0 Å². The van der Waals surface area contributed by atoms with Crippen molar-refractivity contribution in [1.29, 1.82) is 0 Å². The van der Waals surface area contributed by atoms with Crippen molar-refractivity contribution < 1.29 is 4.42 Å². The standard InChI is InChI=1S/C45H25N3OS2/c1-2-10-26(11-3-1)43-46-44(48-45(47-43)28-20-22-31-29-12-4-6-18-38(29)50-40(31)25-28)27-21-23-35-37(24-27)49-36-17-9-14-32(41(35)36)34-16-8-15-33-30-13-5-7-19-39(30)51-42(33)34/h1-25H. The highest BCUT2D eigenvalue weighted by molar-refractivity contribution is 7.26. The molecule has 6 heteroatoms. The van der Waals surface area contributed by atoms with Crippen molar-refractivity contribution in [2.45, 2.75) is 0 Å². The van der Waals surface area contributed by atoms with Crippen molar-refractivity contribution in [3.05, 3.63) is 152 Å². The van der Waals surface area contributed by atoms with E-state index in [9.17, 15) is 0 Å². The monoisotopic (exact) mass is 687 g/mol. The molecular formula is C45H25N3OS2. The van der Waals surface area contributed by atoms with E-state index in [0.29, 0.717) is 17.5 Å². The number of hydrogen-bond donors (Lipinski definition) is 0. The van der Waals surface area contributed by atoms with Crippen molar-refractivity contribution in [2.75, 3.05) is 0 Å². The Balaban J connectivity index is 1.08. The fourth-order valence-electron chi connectivity index (χ4n) is 7.36. The van der Waals surface area contributed by atoms with Crippen LogP contribution in [0.5, 0.6) is 0 Å². The number of benzene rings is 7. The SMILES string of the molecule is c1ccc(-c2nc(-c3ccc4c(c3)oc3cccc(-c5cccc6c5sc5ccccc56)c34)nc(-c3ccc4c(c3)sc3ccccc34)n2)cc1. The Hall–Kier alpha value is -6.21. The molecule has 0 aliphatic carbocycles. The fraction of sp³-hybridized carbons (Fsp3) is 0. The van der Waals surface area contributed by atoms with Crippen LogP contribution in [0, 0.1) is 0 Å². The Bertz CT molecular complexity index is 3160. The van der Waals surface area contributed by atoms with Crippen LogP contribution in [-0.2, 0) is 0 Å². The summed E-state index contributed by atoms with van der Waals surface area (Å²) >= 11 is 3.64. The second-order valence-electron chi connectivity index (χ2n) is 12.8. The Kier molecular flexibility index (Phi) is 6.26. The van der Waals surface area contributed by atoms with Gasteiger partial charge in [0.2, 0.25) is 0 Å². The number of furan rings is 1. The van der Waals surface area contributed by atoms with Crippen molar-refractivity contribution in [3.8, 4) is 45.3 Å². The van der Waals surface area contributed by atoms with Crippen LogP contribution in [0.25, 0.3) is 108 Å². The molecule has 7 aromatic carbocycles. The minimum absolute atomic E-state index is 0.605. The van der Waals surface area contributed by atoms with Crippen LogP contribution in [-0.4, -0.2) is 15.0 Å². The zero-order valence-corrected chi connectivity index (χ0v) is 28.6. The van der Waals surface area contributed by atoms with Crippen LogP contribution in [0.15, 0.2) is 156 Å². The molecule has 238 valence electrons. The van der Waals surface area contributed by atoms with Crippen LogP contribution in [0.4, 0.5) is 0 Å². The molecular weight excluding hydrogens is 663 g/mol. The maximum absolute atomic E-state index is 6.59. The first-order valence-electron chi connectivity index (χ1n) is 16.8. The van der Waals surface area contributed by atoms with Gasteiger partial charge in [0.15, 0.2) is 17.5 Å². The van der Waals surface area contributed by atoms with Crippen LogP contribution in [0.1, 0.15) is 0 Å². The van der Waals surface area contributed by atoms with Crippen molar-refractivity contribution in [2.24, 2.45) is 0 Å². The molecule has 0 unspecified atom stereocenters. The summed E-state index contributed by atoms with van der Waals surface area (Å²) in [5.74, 6) is 1.88. The van der Waals surface area contributed by atoms with E-state index in [0.717, 1.165) is 38.6 Å². The van der Waals surface area contributed by atoms with Gasteiger partial charge in [-0.05, 0) is 42.0 Å². The highest BCUT2D eigenvalue weighted by Crippen LogP contribution is 2.44. The summed E-state index contributed by atoms with van der Waals surface area (Å²) in [6, 6.07) is 53.1. The summed E-state index contributed by atoms with van der Waals surface area (Å²) in [7, 11) is 0. The van der Waals surface area contributed by atoms with E-state index < -0.39 is 0 Å². The fourth-order valence-corrected chi connectivity index (χ4v) is 9.74. The molecule has 0 spiro atoms. The zero-order valence-electron chi connectivity index (χ0n) is 27.0. The van der Waals surface area contributed by atoms with Crippen molar-refractivity contribution in [1.82, 2.24) is 15.0 Å². The summed E-state index contributed by atoms with van der Waals surface area (Å²) in [5.41, 5.74) is 6.82. The molecule has 0 fully saturated rings. The maximum Gasteiger partial charge on any atom is 0.164 e. The molecule has 0 aliphatic heterocycles. The molecule has 4 heterocycles. The largest absolute Gasteiger partial charge is 0.456 e. The lowest BCUT2D eigenvalue weighted by Crippen LogP contribution is -2.00. The molecule has 4 aromatic heterocycles. The second kappa shape index (κ2) is 11.2. The van der Waals surface area contributed by atoms with Gasteiger partial charge < -0.3 is 4.42 Å². The molecule has 0 saturated carbocycles. The summed E-state index contributed by atoms with van der Waals surface area (Å²) in [5, 5.41) is 7.27. The number of aromatic nitrogens is 3. The van der Waals surface area contributed by atoms with Gasteiger partial charge >= 0.3 is 0 Å². The van der Waals surface area contributed by atoms with Gasteiger partial charge in [-0.15, -0.1) is 22.7 Å². The maximum atomic E-state index is 6.59. The Morgan fingerprint density at radius 2 is 0.961 bits per heavy atom. The van der Waals surface area contributed by atoms with Gasteiger partial charge in [0.05, 0.1) is 0 Å². The van der Waals surface area contributed by atoms with Crippen LogP contribution < -0.4 is 0 Å². The first-order chi connectivity index (χ1) is 25.2. The smallest absolute Gasteiger partial charge is 0.164 e. The van der Waals surface area contributed by atoms with E-state index in [1.807, 2.05) is 41.7 Å². The van der Waals surface area contributed by atoms with Crippen LogP contribution in [0.3, 0.4) is 0 Å². The first-order valence-corrected chi connectivity index (χ1v) is 18.5.